The number of amides is 5. The zero-order chi connectivity index (χ0) is 40.2. The first-order valence-corrected chi connectivity index (χ1v) is 19.3. The Kier molecular flexibility index (Phi) is 14.7. The van der Waals surface area contributed by atoms with Crippen LogP contribution in [-0.2, 0) is 48.2 Å². The number of benzene rings is 3. The van der Waals surface area contributed by atoms with Crippen molar-refractivity contribution in [2.45, 2.75) is 89.0 Å². The predicted molar refractivity (Wildman–Crippen MR) is 209 cm³/mol. The van der Waals surface area contributed by atoms with Gasteiger partial charge in [-0.3, -0.25) is 28.8 Å². The van der Waals surface area contributed by atoms with Crippen molar-refractivity contribution in [2.24, 2.45) is 0 Å². The van der Waals surface area contributed by atoms with E-state index in [2.05, 4.69) is 21.3 Å². The number of fused-ring (bicyclic) bond motifs is 1. The van der Waals surface area contributed by atoms with Gasteiger partial charge in [0.1, 0.15) is 35.9 Å². The Hall–Kier alpha value is -5.56. The third-order valence-corrected chi connectivity index (χ3v) is 10.3. The monoisotopic (exact) mass is 787 g/mol. The highest BCUT2D eigenvalue weighted by Crippen LogP contribution is 2.31. The summed E-state index contributed by atoms with van der Waals surface area (Å²) in [7, 11) is 0. The van der Waals surface area contributed by atoms with E-state index in [1.807, 2.05) is 61.5 Å². The number of hydrogen-bond donors (Lipinski definition) is 5. The smallest absolute Gasteiger partial charge is 0.303 e. The maximum absolute atomic E-state index is 14.4. The van der Waals surface area contributed by atoms with E-state index in [9.17, 15) is 38.3 Å². The molecule has 3 aromatic rings. The quantitative estimate of drug-likeness (QED) is 0.129. The van der Waals surface area contributed by atoms with Gasteiger partial charge in [-0.2, -0.15) is 0 Å². The summed E-state index contributed by atoms with van der Waals surface area (Å²) in [6.07, 6.45) is 3.57. The molecule has 1 aliphatic carbocycles. The highest BCUT2D eigenvalue weighted by molar-refractivity contribution is 6.27. The van der Waals surface area contributed by atoms with E-state index in [0.29, 0.717) is 24.8 Å². The first-order valence-electron chi connectivity index (χ1n) is 18.7. The molecule has 1 fully saturated rings. The van der Waals surface area contributed by atoms with E-state index in [4.69, 9.17) is 11.6 Å². The van der Waals surface area contributed by atoms with Crippen LogP contribution in [0.5, 0.6) is 0 Å². The van der Waals surface area contributed by atoms with Gasteiger partial charge in [0.25, 0.3) is 0 Å². The minimum Gasteiger partial charge on any atom is -0.481 e. The molecule has 0 unspecified atom stereocenters. The predicted octanol–water partition coefficient (Wildman–Crippen LogP) is 3.96. The molecule has 0 saturated carbocycles. The molecule has 0 radical (unpaired) electrons. The molecule has 56 heavy (non-hydrogen) atoms. The van der Waals surface area contributed by atoms with Crippen molar-refractivity contribution in [3.8, 4) is 0 Å². The maximum Gasteiger partial charge on any atom is 0.303 e. The molecule has 0 bridgehead atoms. The van der Waals surface area contributed by atoms with Crippen LogP contribution < -0.4 is 21.3 Å². The number of halogens is 2. The van der Waals surface area contributed by atoms with Gasteiger partial charge >= 0.3 is 5.97 Å². The first-order chi connectivity index (χ1) is 26.9. The second-order valence-electron chi connectivity index (χ2n) is 14.2. The molecular formula is C42H47ClFN5O7. The van der Waals surface area contributed by atoms with Gasteiger partial charge < -0.3 is 31.3 Å². The molecule has 1 saturated heterocycles. The molecular weight excluding hydrogens is 741 g/mol. The van der Waals surface area contributed by atoms with Crippen LogP contribution >= 0.6 is 11.6 Å². The standard InChI is InChI=1S/C42H47ClFN5O7/c1-26-9-11-28(12-10-26)25-45-39(53)34(22-27-13-17-31(44)18-14-27)47-40(54)35(23-30-16-15-29-6-2-3-7-32(29)30)48-41(55)36-8-4-5-21-49(36)42(56)33(19-20-38(51)52)46-37(50)24-43/h2-3,6-7,9-14,16-18,33-36H,4-5,8,15,19-25H2,1H3,(H,45,53)(H,46,50)(H,47,54)(H,48,55)(H,51,52)/t33-,34-,35-,36-/m0/s1. The van der Waals surface area contributed by atoms with Gasteiger partial charge in [-0.15, -0.1) is 11.6 Å². The number of alkyl halides is 1. The topological polar surface area (TPSA) is 174 Å². The Labute approximate surface area is 330 Å². The number of likely N-dealkylation sites (tertiary alicyclic amines) is 1. The van der Waals surface area contributed by atoms with Crippen molar-refractivity contribution in [3.05, 3.63) is 113 Å². The fourth-order valence-electron chi connectivity index (χ4n) is 7.03. The number of carbonyl (C=O) groups is 6. The van der Waals surface area contributed by atoms with E-state index in [0.717, 1.165) is 27.8 Å². The Morgan fingerprint density at radius 1 is 0.839 bits per heavy atom. The molecule has 12 nitrogen and oxygen atoms in total. The molecule has 2 aliphatic rings. The van der Waals surface area contributed by atoms with Crippen LogP contribution in [0.4, 0.5) is 4.39 Å². The molecule has 296 valence electrons. The van der Waals surface area contributed by atoms with E-state index in [-0.39, 0.29) is 38.8 Å². The molecule has 14 heteroatoms. The number of carboxylic acids is 1. The molecule has 5 N–H and O–H groups in total. The zero-order valence-corrected chi connectivity index (χ0v) is 31.9. The number of piperidine rings is 1. The molecule has 0 aromatic heterocycles. The Bertz CT molecular complexity index is 1940. The van der Waals surface area contributed by atoms with Gasteiger partial charge in [-0.25, -0.2) is 4.39 Å². The number of aliphatic carboxylic acids is 1. The number of aryl methyl sites for hydroxylation is 1. The summed E-state index contributed by atoms with van der Waals surface area (Å²) in [5, 5.41) is 20.4. The summed E-state index contributed by atoms with van der Waals surface area (Å²) in [5.74, 6) is -5.05. The van der Waals surface area contributed by atoms with Crippen LogP contribution in [0.15, 0.2) is 78.9 Å². The number of carboxylic acid groups (broad SMARTS) is 1. The maximum atomic E-state index is 14.4. The van der Waals surface area contributed by atoms with Crippen LogP contribution in [-0.4, -0.2) is 82.1 Å². The lowest BCUT2D eigenvalue weighted by atomic mass is 9.96. The summed E-state index contributed by atoms with van der Waals surface area (Å²) in [6, 6.07) is 16.5. The van der Waals surface area contributed by atoms with Crippen molar-refractivity contribution < 1.29 is 38.3 Å². The van der Waals surface area contributed by atoms with Crippen molar-refractivity contribution in [1.82, 2.24) is 26.2 Å². The van der Waals surface area contributed by atoms with Crippen LogP contribution in [0, 0.1) is 12.7 Å². The van der Waals surface area contributed by atoms with Gasteiger partial charge in [0, 0.05) is 32.4 Å². The molecule has 3 aromatic carbocycles. The zero-order valence-electron chi connectivity index (χ0n) is 31.2. The van der Waals surface area contributed by atoms with Crippen LogP contribution in [0.25, 0.3) is 5.57 Å². The summed E-state index contributed by atoms with van der Waals surface area (Å²) < 4.78 is 13.8. The highest BCUT2D eigenvalue weighted by Gasteiger charge is 2.38. The minimum absolute atomic E-state index is 0.0363. The minimum atomic E-state index is -1.23. The molecule has 1 aliphatic heterocycles. The summed E-state index contributed by atoms with van der Waals surface area (Å²) >= 11 is 5.67. The summed E-state index contributed by atoms with van der Waals surface area (Å²) in [4.78, 5) is 81.1. The van der Waals surface area contributed by atoms with Gasteiger partial charge in [0.15, 0.2) is 0 Å². The molecule has 0 spiro atoms. The number of hydrogen-bond acceptors (Lipinski definition) is 6. The molecule has 4 atom stereocenters. The second kappa shape index (κ2) is 19.9. The molecule has 5 rings (SSSR count). The number of rotatable bonds is 17. The van der Waals surface area contributed by atoms with E-state index in [1.54, 1.807) is 0 Å². The number of nitrogens with one attached hydrogen (secondary N) is 4. The van der Waals surface area contributed by atoms with E-state index in [1.165, 1.54) is 29.2 Å². The molecule has 5 amide bonds. The lowest BCUT2D eigenvalue weighted by Gasteiger charge is -2.37. The average molecular weight is 788 g/mol. The van der Waals surface area contributed by atoms with Gasteiger partial charge in [-0.05, 0) is 79.0 Å². The second-order valence-corrected chi connectivity index (χ2v) is 14.4. The van der Waals surface area contributed by atoms with Crippen LogP contribution in [0.2, 0.25) is 0 Å². The van der Waals surface area contributed by atoms with Crippen molar-refractivity contribution >= 4 is 52.7 Å². The number of carbonyl (C=O) groups excluding carboxylic acids is 5. The lowest BCUT2D eigenvalue weighted by Crippen LogP contribution is -2.60. The SMILES string of the molecule is Cc1ccc(CNC(=O)[C@H](Cc2ccc(F)cc2)NC(=O)[C@H](CC2=CCc3ccccc32)NC(=O)[C@@H]2CCCCN2C(=O)[C@H](CCC(=O)O)NC(=O)CCl)cc1. The third kappa shape index (κ3) is 11.5. The van der Waals surface area contributed by atoms with Crippen molar-refractivity contribution in [3.63, 3.8) is 0 Å². The fourth-order valence-corrected chi connectivity index (χ4v) is 7.10. The first kappa shape index (κ1) is 41.6. The van der Waals surface area contributed by atoms with Crippen molar-refractivity contribution in [1.29, 1.82) is 0 Å². The number of nitrogens with zero attached hydrogens (tertiary/aromatic N) is 1. The molecule has 1 heterocycles. The normalized spacial score (nSPS) is 16.4. The van der Waals surface area contributed by atoms with E-state index < -0.39 is 77.8 Å². The summed E-state index contributed by atoms with van der Waals surface area (Å²) in [5.41, 5.74) is 5.34. The van der Waals surface area contributed by atoms with Crippen LogP contribution in [0.3, 0.4) is 0 Å². The van der Waals surface area contributed by atoms with E-state index >= 15 is 0 Å². The van der Waals surface area contributed by atoms with Gasteiger partial charge in [0.2, 0.25) is 29.5 Å². The van der Waals surface area contributed by atoms with Crippen LogP contribution in [0.1, 0.15) is 66.3 Å². The summed E-state index contributed by atoms with van der Waals surface area (Å²) in [6.45, 7) is 2.33. The Morgan fingerprint density at radius 3 is 2.25 bits per heavy atom. The lowest BCUT2D eigenvalue weighted by molar-refractivity contribution is -0.146. The van der Waals surface area contributed by atoms with Crippen molar-refractivity contribution in [2.75, 3.05) is 12.4 Å². The fraction of sp³-hybridized carbons (Fsp3) is 0.381. The van der Waals surface area contributed by atoms with Gasteiger partial charge in [-0.1, -0.05) is 72.3 Å². The number of allylic oxidation sites excluding steroid dienone is 1. The average Bonchev–Trinajstić information content (AvgIpc) is 3.61. The third-order valence-electron chi connectivity index (χ3n) is 10.1. The Balaban J connectivity index is 1.39. The highest BCUT2D eigenvalue weighted by atomic mass is 35.5. The largest absolute Gasteiger partial charge is 0.481 e. The van der Waals surface area contributed by atoms with Gasteiger partial charge in [0.05, 0.1) is 0 Å². The Morgan fingerprint density at radius 2 is 1.54 bits per heavy atom.